The number of hydrogen-bond acceptors (Lipinski definition) is 3. The molecule has 0 saturated carbocycles. The van der Waals surface area contributed by atoms with Gasteiger partial charge in [-0.25, -0.2) is 0 Å². The van der Waals surface area contributed by atoms with Gasteiger partial charge in [0.2, 0.25) is 0 Å². The Balaban J connectivity index is 2.15. The molecular formula is C16H25N3O. The zero-order chi connectivity index (χ0) is 14.5. The molecule has 2 rings (SSSR count). The number of likely N-dealkylation sites (N-methyl/N-ethyl adjacent to an activating group) is 1. The molecule has 20 heavy (non-hydrogen) atoms. The van der Waals surface area contributed by atoms with Crippen LogP contribution >= 0.6 is 0 Å². The molecule has 1 heterocycles. The van der Waals surface area contributed by atoms with Crippen molar-refractivity contribution in [2.75, 3.05) is 38.5 Å². The second-order valence-corrected chi connectivity index (χ2v) is 5.79. The topological polar surface area (TPSA) is 35.6 Å². The van der Waals surface area contributed by atoms with Gasteiger partial charge in [-0.1, -0.05) is 12.1 Å². The van der Waals surface area contributed by atoms with E-state index < -0.39 is 0 Å². The van der Waals surface area contributed by atoms with Crippen LogP contribution in [-0.4, -0.2) is 55.0 Å². The Morgan fingerprint density at radius 2 is 1.90 bits per heavy atom. The van der Waals surface area contributed by atoms with E-state index in [0.29, 0.717) is 6.04 Å². The molecule has 0 unspecified atom stereocenters. The van der Waals surface area contributed by atoms with Gasteiger partial charge in [0.05, 0.1) is 5.56 Å². The molecule has 1 aromatic rings. The van der Waals surface area contributed by atoms with Crippen LogP contribution in [0.15, 0.2) is 24.3 Å². The Hall–Kier alpha value is -1.55. The van der Waals surface area contributed by atoms with E-state index >= 15 is 0 Å². The molecule has 1 fully saturated rings. The fourth-order valence-electron chi connectivity index (χ4n) is 2.53. The molecule has 110 valence electrons. The summed E-state index contributed by atoms with van der Waals surface area (Å²) < 4.78 is 0. The largest absolute Gasteiger partial charge is 0.382 e. The van der Waals surface area contributed by atoms with Crippen molar-refractivity contribution in [2.45, 2.75) is 26.3 Å². The Morgan fingerprint density at radius 3 is 2.65 bits per heavy atom. The summed E-state index contributed by atoms with van der Waals surface area (Å²) in [5, 5.41) is 3.36. The summed E-state index contributed by atoms with van der Waals surface area (Å²) in [6.45, 7) is 7.84. The highest BCUT2D eigenvalue weighted by molar-refractivity contribution is 5.99. The summed E-state index contributed by atoms with van der Waals surface area (Å²) in [6, 6.07) is 8.12. The zero-order valence-electron chi connectivity index (χ0n) is 12.7. The van der Waals surface area contributed by atoms with E-state index in [2.05, 4.69) is 31.1 Å². The highest BCUT2D eigenvalue weighted by atomic mass is 16.2. The molecule has 0 bridgehead atoms. The van der Waals surface area contributed by atoms with Crippen LogP contribution in [0.1, 0.15) is 30.6 Å². The van der Waals surface area contributed by atoms with Crippen molar-refractivity contribution in [3.05, 3.63) is 29.8 Å². The Kier molecular flexibility index (Phi) is 5.01. The molecule has 0 aliphatic carbocycles. The molecule has 1 amide bonds. The van der Waals surface area contributed by atoms with Crippen LogP contribution in [0, 0.1) is 0 Å². The fraction of sp³-hybridized carbons (Fsp3) is 0.562. The molecule has 0 radical (unpaired) electrons. The van der Waals surface area contributed by atoms with Crippen LogP contribution in [0.25, 0.3) is 0 Å². The monoisotopic (exact) mass is 275 g/mol. The van der Waals surface area contributed by atoms with E-state index in [0.717, 1.165) is 43.9 Å². The zero-order valence-corrected chi connectivity index (χ0v) is 12.7. The molecule has 4 heteroatoms. The summed E-state index contributed by atoms with van der Waals surface area (Å²) in [6.07, 6.45) is 1.04. The summed E-state index contributed by atoms with van der Waals surface area (Å²) in [7, 11) is 2.11. The third kappa shape index (κ3) is 3.73. The Labute approximate surface area is 121 Å². The second-order valence-electron chi connectivity index (χ2n) is 5.79. The van der Waals surface area contributed by atoms with E-state index in [1.165, 1.54) is 0 Å². The maximum Gasteiger partial charge on any atom is 0.255 e. The maximum absolute atomic E-state index is 12.7. The van der Waals surface area contributed by atoms with E-state index in [1.807, 2.05) is 29.2 Å². The smallest absolute Gasteiger partial charge is 0.255 e. The first-order valence-electron chi connectivity index (χ1n) is 7.41. The van der Waals surface area contributed by atoms with Crippen LogP contribution in [0.4, 0.5) is 5.69 Å². The summed E-state index contributed by atoms with van der Waals surface area (Å²) in [4.78, 5) is 17.0. The number of para-hydroxylation sites is 1. The van der Waals surface area contributed by atoms with E-state index in [1.54, 1.807) is 0 Å². The van der Waals surface area contributed by atoms with Crippen LogP contribution < -0.4 is 5.32 Å². The predicted molar refractivity (Wildman–Crippen MR) is 83.2 cm³/mol. The third-order valence-corrected chi connectivity index (χ3v) is 3.61. The number of benzene rings is 1. The lowest BCUT2D eigenvalue weighted by Gasteiger charge is -2.23. The number of nitrogens with zero attached hydrogens (tertiary/aromatic N) is 2. The van der Waals surface area contributed by atoms with Gasteiger partial charge in [-0.15, -0.1) is 0 Å². The van der Waals surface area contributed by atoms with Gasteiger partial charge in [-0.2, -0.15) is 0 Å². The van der Waals surface area contributed by atoms with E-state index in [4.69, 9.17) is 0 Å². The number of amides is 1. The molecule has 0 aromatic heterocycles. The SMILES string of the molecule is CC(C)Nc1ccccc1C(=O)N1CCCN(C)CC1. The lowest BCUT2D eigenvalue weighted by atomic mass is 10.1. The average molecular weight is 275 g/mol. The number of carbonyl (C=O) groups excluding carboxylic acids is 1. The predicted octanol–water partition coefficient (Wildman–Crippen LogP) is 2.28. The molecule has 1 aromatic carbocycles. The first kappa shape index (κ1) is 14.9. The second kappa shape index (κ2) is 6.75. The summed E-state index contributed by atoms with van der Waals surface area (Å²) in [5.41, 5.74) is 1.72. The Bertz CT molecular complexity index is 459. The lowest BCUT2D eigenvalue weighted by molar-refractivity contribution is 0.0764. The van der Waals surface area contributed by atoms with Crippen molar-refractivity contribution < 1.29 is 4.79 Å². The fourth-order valence-corrected chi connectivity index (χ4v) is 2.53. The molecule has 1 N–H and O–H groups in total. The van der Waals surface area contributed by atoms with Crippen LogP contribution in [-0.2, 0) is 0 Å². The number of nitrogens with one attached hydrogen (secondary N) is 1. The highest BCUT2D eigenvalue weighted by Crippen LogP contribution is 2.19. The van der Waals surface area contributed by atoms with Crippen molar-refractivity contribution >= 4 is 11.6 Å². The molecule has 4 nitrogen and oxygen atoms in total. The highest BCUT2D eigenvalue weighted by Gasteiger charge is 2.21. The summed E-state index contributed by atoms with van der Waals surface area (Å²) in [5.74, 6) is 0.143. The van der Waals surface area contributed by atoms with Gasteiger partial charge in [0.1, 0.15) is 0 Å². The molecule has 1 aliphatic rings. The minimum atomic E-state index is 0.143. The first-order chi connectivity index (χ1) is 9.58. The van der Waals surface area contributed by atoms with E-state index in [-0.39, 0.29) is 5.91 Å². The van der Waals surface area contributed by atoms with Crippen LogP contribution in [0.3, 0.4) is 0 Å². The van der Waals surface area contributed by atoms with Crippen molar-refractivity contribution in [3.8, 4) is 0 Å². The van der Waals surface area contributed by atoms with Crippen molar-refractivity contribution in [1.82, 2.24) is 9.80 Å². The Morgan fingerprint density at radius 1 is 1.15 bits per heavy atom. The van der Waals surface area contributed by atoms with Crippen molar-refractivity contribution in [2.24, 2.45) is 0 Å². The van der Waals surface area contributed by atoms with Gasteiger partial charge >= 0.3 is 0 Å². The number of carbonyl (C=O) groups is 1. The van der Waals surface area contributed by atoms with Gasteiger partial charge in [0.15, 0.2) is 0 Å². The van der Waals surface area contributed by atoms with Gasteiger partial charge < -0.3 is 15.1 Å². The van der Waals surface area contributed by atoms with Crippen molar-refractivity contribution in [3.63, 3.8) is 0 Å². The molecule has 1 saturated heterocycles. The number of rotatable bonds is 3. The first-order valence-corrected chi connectivity index (χ1v) is 7.41. The summed E-state index contributed by atoms with van der Waals surface area (Å²) >= 11 is 0. The minimum Gasteiger partial charge on any atom is -0.382 e. The normalized spacial score (nSPS) is 17.1. The maximum atomic E-state index is 12.7. The van der Waals surface area contributed by atoms with Gasteiger partial charge in [-0.05, 0) is 46.0 Å². The van der Waals surface area contributed by atoms with Gasteiger partial charge in [0.25, 0.3) is 5.91 Å². The average Bonchev–Trinajstić information content (AvgIpc) is 2.63. The van der Waals surface area contributed by atoms with Gasteiger partial charge in [0, 0.05) is 31.4 Å². The lowest BCUT2D eigenvalue weighted by Crippen LogP contribution is -2.35. The minimum absolute atomic E-state index is 0.143. The van der Waals surface area contributed by atoms with E-state index in [9.17, 15) is 4.79 Å². The van der Waals surface area contributed by atoms with Gasteiger partial charge in [-0.3, -0.25) is 4.79 Å². The van der Waals surface area contributed by atoms with Crippen LogP contribution in [0.5, 0.6) is 0 Å². The molecule has 0 atom stereocenters. The third-order valence-electron chi connectivity index (χ3n) is 3.61. The molecular weight excluding hydrogens is 250 g/mol. The van der Waals surface area contributed by atoms with Crippen LogP contribution in [0.2, 0.25) is 0 Å². The quantitative estimate of drug-likeness (QED) is 0.919. The molecule has 0 spiro atoms. The molecule has 1 aliphatic heterocycles. The van der Waals surface area contributed by atoms with Crippen molar-refractivity contribution in [1.29, 1.82) is 0 Å². The standard InChI is InChI=1S/C16H25N3O/c1-13(2)17-15-8-5-4-7-14(15)16(20)19-10-6-9-18(3)11-12-19/h4-5,7-8,13,17H,6,9-12H2,1-3H3. The number of hydrogen-bond donors (Lipinski definition) is 1. The number of anilines is 1.